The molecule has 0 fully saturated rings. The summed E-state index contributed by atoms with van der Waals surface area (Å²) in [5.41, 5.74) is 0.895. The zero-order chi connectivity index (χ0) is 18.9. The summed E-state index contributed by atoms with van der Waals surface area (Å²) in [5.74, 6) is -1.30. The number of para-hydroxylation sites is 1. The smallest absolute Gasteiger partial charge is 0.261 e. The van der Waals surface area contributed by atoms with Gasteiger partial charge in [0.05, 0.1) is 22.0 Å². The maximum Gasteiger partial charge on any atom is 0.261 e. The Balaban J connectivity index is 1.98. The lowest BCUT2D eigenvalue weighted by molar-refractivity contribution is -0.123. The van der Waals surface area contributed by atoms with Crippen LogP contribution in [-0.4, -0.2) is 26.0 Å². The third-order valence-corrected chi connectivity index (χ3v) is 5.08. The van der Waals surface area contributed by atoms with Crippen molar-refractivity contribution in [2.45, 2.75) is 18.2 Å². The molecule has 0 saturated carbocycles. The summed E-state index contributed by atoms with van der Waals surface area (Å²) in [6, 6.07) is 10.2. The predicted molar refractivity (Wildman–Crippen MR) is 95.6 cm³/mol. The third-order valence-electron chi connectivity index (χ3n) is 3.72. The molecule has 0 saturated heterocycles. The Morgan fingerprint density at radius 3 is 2.35 bits per heavy atom. The maximum atomic E-state index is 12.7. The fourth-order valence-electron chi connectivity index (χ4n) is 2.52. The van der Waals surface area contributed by atoms with E-state index in [1.165, 1.54) is 37.3 Å². The molecule has 0 aromatic heterocycles. The molecule has 8 nitrogen and oxygen atoms in total. The molecule has 1 heterocycles. The molecule has 9 heteroatoms. The van der Waals surface area contributed by atoms with Crippen molar-refractivity contribution < 1.29 is 22.8 Å². The van der Waals surface area contributed by atoms with Crippen LogP contribution >= 0.6 is 0 Å². The lowest BCUT2D eigenvalue weighted by Gasteiger charge is -2.13. The van der Waals surface area contributed by atoms with E-state index in [2.05, 4.69) is 15.4 Å². The lowest BCUT2D eigenvalue weighted by atomic mass is 10.1. The van der Waals surface area contributed by atoms with E-state index in [1.54, 1.807) is 12.1 Å². The van der Waals surface area contributed by atoms with Crippen molar-refractivity contribution in [2.24, 2.45) is 0 Å². The molecule has 3 N–H and O–H groups in total. The largest absolute Gasteiger partial charge is 0.324 e. The Bertz CT molecular complexity index is 1030. The fourth-order valence-corrected chi connectivity index (χ4v) is 3.63. The van der Waals surface area contributed by atoms with Gasteiger partial charge >= 0.3 is 0 Å². The number of anilines is 3. The van der Waals surface area contributed by atoms with Gasteiger partial charge in [-0.25, -0.2) is 8.42 Å². The van der Waals surface area contributed by atoms with E-state index in [0.717, 1.165) is 0 Å². The molecule has 134 valence electrons. The van der Waals surface area contributed by atoms with E-state index in [-0.39, 0.29) is 34.0 Å². The van der Waals surface area contributed by atoms with E-state index in [0.29, 0.717) is 5.69 Å². The number of sulfonamides is 1. The van der Waals surface area contributed by atoms with Gasteiger partial charge in [-0.1, -0.05) is 12.1 Å². The summed E-state index contributed by atoms with van der Waals surface area (Å²) in [4.78, 5) is 34.7. The fraction of sp³-hybridized carbons (Fsp3) is 0.118. The molecule has 0 spiro atoms. The molecule has 2 aromatic rings. The van der Waals surface area contributed by atoms with Crippen molar-refractivity contribution >= 4 is 44.7 Å². The molecular weight excluding hydrogens is 358 g/mol. The number of Topliss-reactive ketones (excluding diaryl/α,β-unsaturated/α-hetero) is 1. The Hall–Kier alpha value is -3.20. The minimum atomic E-state index is -4.01. The van der Waals surface area contributed by atoms with Crippen molar-refractivity contribution in [1.82, 2.24) is 0 Å². The van der Waals surface area contributed by atoms with Crippen LogP contribution in [0.15, 0.2) is 47.4 Å². The molecule has 0 radical (unpaired) electrons. The first-order valence-corrected chi connectivity index (χ1v) is 9.11. The van der Waals surface area contributed by atoms with Crippen LogP contribution in [0, 0.1) is 0 Å². The molecular formula is C17H15N3O5S. The summed E-state index contributed by atoms with van der Waals surface area (Å²) < 4.78 is 27.7. The second-order valence-corrected chi connectivity index (χ2v) is 7.37. The molecule has 26 heavy (non-hydrogen) atoms. The average molecular weight is 373 g/mol. The standard InChI is InChI=1S/C17H15N3O5S/c1-10(21)12-4-2-3-5-13(12)20-26(24,25)11-6-7-14-15(8-11)19-17(23)9-16(22)18-14/h2-8,20H,9H2,1H3,(H,18,22)(H,19,23). The van der Waals surface area contributed by atoms with Crippen molar-refractivity contribution in [2.75, 3.05) is 15.4 Å². The van der Waals surface area contributed by atoms with Gasteiger partial charge in [0, 0.05) is 5.56 Å². The van der Waals surface area contributed by atoms with Crippen molar-refractivity contribution in [1.29, 1.82) is 0 Å². The van der Waals surface area contributed by atoms with E-state index < -0.39 is 21.8 Å². The van der Waals surface area contributed by atoms with Gasteiger partial charge in [-0.2, -0.15) is 0 Å². The van der Waals surface area contributed by atoms with Crippen LogP contribution in [0.25, 0.3) is 0 Å². The van der Waals surface area contributed by atoms with Gasteiger partial charge < -0.3 is 10.6 Å². The molecule has 0 bridgehead atoms. The normalized spacial score (nSPS) is 13.9. The monoisotopic (exact) mass is 373 g/mol. The van der Waals surface area contributed by atoms with Gasteiger partial charge in [0.1, 0.15) is 6.42 Å². The van der Waals surface area contributed by atoms with E-state index in [9.17, 15) is 22.8 Å². The number of nitrogens with one attached hydrogen (secondary N) is 3. The third kappa shape index (κ3) is 3.57. The Morgan fingerprint density at radius 1 is 1.00 bits per heavy atom. The average Bonchev–Trinajstić information content (AvgIpc) is 2.70. The van der Waals surface area contributed by atoms with Gasteiger partial charge in [0.15, 0.2) is 5.78 Å². The van der Waals surface area contributed by atoms with Crippen LogP contribution in [0.4, 0.5) is 17.1 Å². The number of ketones is 1. The second kappa shape index (κ2) is 6.60. The van der Waals surface area contributed by atoms with E-state index in [4.69, 9.17) is 0 Å². The molecule has 1 aliphatic heterocycles. The van der Waals surface area contributed by atoms with Gasteiger partial charge in [0.2, 0.25) is 11.8 Å². The zero-order valence-corrected chi connectivity index (χ0v) is 14.5. The Labute approximate surface area is 149 Å². The number of hydrogen-bond donors (Lipinski definition) is 3. The topological polar surface area (TPSA) is 121 Å². The second-order valence-electron chi connectivity index (χ2n) is 5.69. The first-order chi connectivity index (χ1) is 12.3. The minimum Gasteiger partial charge on any atom is -0.324 e. The molecule has 0 atom stereocenters. The van der Waals surface area contributed by atoms with Crippen molar-refractivity contribution in [3.05, 3.63) is 48.0 Å². The SMILES string of the molecule is CC(=O)c1ccccc1NS(=O)(=O)c1ccc2c(c1)NC(=O)CC(=O)N2. The Morgan fingerprint density at radius 2 is 1.65 bits per heavy atom. The summed E-state index contributed by atoms with van der Waals surface area (Å²) in [6.07, 6.45) is -0.346. The van der Waals surface area contributed by atoms with E-state index in [1.807, 2.05) is 0 Å². The number of carbonyl (C=O) groups is 3. The predicted octanol–water partition coefficient (Wildman–Crippen LogP) is 1.97. The first-order valence-electron chi connectivity index (χ1n) is 7.63. The van der Waals surface area contributed by atoms with Crippen molar-refractivity contribution in [3.63, 3.8) is 0 Å². The number of fused-ring (bicyclic) bond motifs is 1. The van der Waals surface area contributed by atoms with Gasteiger partial charge in [0.25, 0.3) is 10.0 Å². The Kier molecular flexibility index (Phi) is 4.47. The molecule has 2 amide bonds. The van der Waals surface area contributed by atoms with Crippen LogP contribution in [-0.2, 0) is 19.6 Å². The number of amides is 2. The summed E-state index contributed by atoms with van der Waals surface area (Å²) in [5, 5.41) is 5.01. The highest BCUT2D eigenvalue weighted by Crippen LogP contribution is 2.29. The quantitative estimate of drug-likeness (QED) is 0.559. The van der Waals surface area contributed by atoms with Gasteiger partial charge in [-0.15, -0.1) is 0 Å². The van der Waals surface area contributed by atoms with Gasteiger partial charge in [-0.05, 0) is 37.3 Å². The summed E-state index contributed by atoms with van der Waals surface area (Å²) in [6.45, 7) is 1.34. The van der Waals surface area contributed by atoms with Gasteiger partial charge in [-0.3, -0.25) is 19.1 Å². The number of hydrogen-bond acceptors (Lipinski definition) is 5. The number of benzene rings is 2. The number of carbonyl (C=O) groups excluding carboxylic acids is 3. The lowest BCUT2D eigenvalue weighted by Crippen LogP contribution is -2.16. The molecule has 3 rings (SSSR count). The van der Waals surface area contributed by atoms with Crippen LogP contribution < -0.4 is 15.4 Å². The molecule has 1 aliphatic rings. The summed E-state index contributed by atoms with van der Waals surface area (Å²) in [7, 11) is -4.01. The molecule has 2 aromatic carbocycles. The highest BCUT2D eigenvalue weighted by Gasteiger charge is 2.22. The highest BCUT2D eigenvalue weighted by molar-refractivity contribution is 7.92. The van der Waals surface area contributed by atoms with Crippen LogP contribution in [0.1, 0.15) is 23.7 Å². The zero-order valence-electron chi connectivity index (χ0n) is 13.7. The molecule has 0 unspecified atom stereocenters. The minimum absolute atomic E-state index is 0.119. The number of rotatable bonds is 4. The first kappa shape index (κ1) is 17.6. The summed E-state index contributed by atoms with van der Waals surface area (Å²) >= 11 is 0. The maximum absolute atomic E-state index is 12.7. The van der Waals surface area contributed by atoms with E-state index >= 15 is 0 Å². The van der Waals surface area contributed by atoms with Crippen LogP contribution in [0.2, 0.25) is 0 Å². The highest BCUT2D eigenvalue weighted by atomic mass is 32.2. The molecule has 0 aliphatic carbocycles. The van der Waals surface area contributed by atoms with Crippen LogP contribution in [0.3, 0.4) is 0 Å². The van der Waals surface area contributed by atoms with Crippen LogP contribution in [0.5, 0.6) is 0 Å². The van der Waals surface area contributed by atoms with Crippen molar-refractivity contribution in [3.8, 4) is 0 Å².